The molecule has 34 heavy (non-hydrogen) atoms. The van der Waals surface area contributed by atoms with Crippen molar-refractivity contribution < 1.29 is 19.0 Å². The van der Waals surface area contributed by atoms with Gasteiger partial charge in [-0.05, 0) is 23.7 Å². The van der Waals surface area contributed by atoms with Crippen LogP contribution in [0.3, 0.4) is 0 Å². The van der Waals surface area contributed by atoms with Crippen LogP contribution in [0.15, 0.2) is 49.1 Å². The number of pyridine rings is 1. The minimum absolute atomic E-state index is 0.194. The standard InChI is InChI=1S/C24H24ClFN4O3Si/c1-34(2,3)9-8-33-14-30-13-18(15-4-6-16(26)7-5-15)21-22(25)17(10-28-23(21)30)19-11-27-12-20(29-19)24(31)32/h4-7,10-13H,8-9,14H2,1-3H3,(H,31,32). The molecule has 0 aliphatic heterocycles. The first-order chi connectivity index (χ1) is 16.1. The lowest BCUT2D eigenvalue weighted by Crippen LogP contribution is -2.22. The van der Waals surface area contributed by atoms with E-state index in [-0.39, 0.29) is 11.5 Å². The second kappa shape index (κ2) is 9.61. The lowest BCUT2D eigenvalue weighted by molar-refractivity contribution is 0.0690. The van der Waals surface area contributed by atoms with Crippen molar-refractivity contribution in [1.82, 2.24) is 19.5 Å². The molecule has 10 heteroatoms. The molecule has 0 radical (unpaired) electrons. The van der Waals surface area contributed by atoms with Gasteiger partial charge in [0.05, 0.1) is 23.1 Å². The largest absolute Gasteiger partial charge is 0.476 e. The molecule has 1 N–H and O–H groups in total. The van der Waals surface area contributed by atoms with Crippen molar-refractivity contribution in [3.63, 3.8) is 0 Å². The van der Waals surface area contributed by atoms with E-state index >= 15 is 0 Å². The van der Waals surface area contributed by atoms with Gasteiger partial charge in [-0.25, -0.2) is 19.2 Å². The van der Waals surface area contributed by atoms with Gasteiger partial charge in [-0.3, -0.25) is 4.98 Å². The van der Waals surface area contributed by atoms with Crippen molar-refractivity contribution in [2.75, 3.05) is 6.61 Å². The van der Waals surface area contributed by atoms with Gasteiger partial charge >= 0.3 is 5.97 Å². The van der Waals surface area contributed by atoms with Crippen LogP contribution in [0.25, 0.3) is 33.4 Å². The molecule has 0 atom stereocenters. The average molecular weight is 499 g/mol. The molecule has 176 valence electrons. The van der Waals surface area contributed by atoms with Gasteiger partial charge in [0, 0.05) is 43.6 Å². The maximum atomic E-state index is 13.6. The first-order valence-electron chi connectivity index (χ1n) is 10.7. The van der Waals surface area contributed by atoms with Crippen molar-refractivity contribution in [2.24, 2.45) is 0 Å². The summed E-state index contributed by atoms with van der Waals surface area (Å²) in [5.41, 5.74) is 2.67. The molecule has 7 nitrogen and oxygen atoms in total. The van der Waals surface area contributed by atoms with Crippen molar-refractivity contribution in [2.45, 2.75) is 32.4 Å². The zero-order valence-corrected chi connectivity index (χ0v) is 20.8. The molecule has 4 aromatic rings. The van der Waals surface area contributed by atoms with E-state index < -0.39 is 14.0 Å². The average Bonchev–Trinajstić information content (AvgIpc) is 3.16. The van der Waals surface area contributed by atoms with E-state index in [0.717, 1.165) is 17.2 Å². The van der Waals surface area contributed by atoms with Crippen molar-refractivity contribution in [3.05, 3.63) is 65.6 Å². The molecule has 0 fully saturated rings. The number of hydrogen-bond acceptors (Lipinski definition) is 5. The lowest BCUT2D eigenvalue weighted by atomic mass is 10.0. The fourth-order valence-corrected chi connectivity index (χ4v) is 4.57. The molecule has 3 aromatic heterocycles. The summed E-state index contributed by atoms with van der Waals surface area (Å²) in [4.78, 5) is 24.1. The second-order valence-electron chi connectivity index (χ2n) is 9.15. The monoisotopic (exact) mass is 498 g/mol. The highest BCUT2D eigenvalue weighted by molar-refractivity contribution is 6.76. The van der Waals surface area contributed by atoms with Crippen LogP contribution in [0.5, 0.6) is 0 Å². The van der Waals surface area contributed by atoms with Crippen LogP contribution < -0.4 is 0 Å². The lowest BCUT2D eigenvalue weighted by Gasteiger charge is -2.15. The van der Waals surface area contributed by atoms with E-state index in [4.69, 9.17) is 16.3 Å². The van der Waals surface area contributed by atoms with Gasteiger partial charge in [-0.15, -0.1) is 0 Å². The highest BCUT2D eigenvalue weighted by atomic mass is 35.5. The molecule has 0 unspecified atom stereocenters. The van der Waals surface area contributed by atoms with Crippen LogP contribution in [0.1, 0.15) is 10.5 Å². The number of aromatic nitrogens is 4. The highest BCUT2D eigenvalue weighted by Crippen LogP contribution is 2.39. The number of hydrogen-bond donors (Lipinski definition) is 1. The summed E-state index contributed by atoms with van der Waals surface area (Å²) in [6, 6.07) is 7.16. The van der Waals surface area contributed by atoms with E-state index in [9.17, 15) is 14.3 Å². The van der Waals surface area contributed by atoms with Crippen LogP contribution in [-0.4, -0.2) is 45.3 Å². The number of rotatable bonds is 8. The summed E-state index contributed by atoms with van der Waals surface area (Å²) in [7, 11) is -1.23. The summed E-state index contributed by atoms with van der Waals surface area (Å²) >= 11 is 6.85. The Morgan fingerprint density at radius 3 is 2.56 bits per heavy atom. The highest BCUT2D eigenvalue weighted by Gasteiger charge is 2.20. The summed E-state index contributed by atoms with van der Waals surface area (Å²) in [6.45, 7) is 7.81. The third-order valence-corrected chi connectivity index (χ3v) is 7.43. The van der Waals surface area contributed by atoms with Gasteiger partial charge in [0.15, 0.2) is 5.69 Å². The first kappa shape index (κ1) is 24.0. The SMILES string of the molecule is C[Si](C)(C)CCOCn1cc(-c2ccc(F)cc2)c2c(Cl)c(-c3cncc(C(=O)O)n3)cnc21. The number of carboxylic acid groups (broad SMARTS) is 1. The van der Waals surface area contributed by atoms with Crippen molar-refractivity contribution in [3.8, 4) is 22.4 Å². The molecule has 4 rings (SSSR count). The normalized spacial score (nSPS) is 11.8. The molecule has 0 bridgehead atoms. The number of nitrogens with zero attached hydrogens (tertiary/aromatic N) is 4. The van der Waals surface area contributed by atoms with Crippen LogP contribution in [-0.2, 0) is 11.5 Å². The molecule has 0 saturated carbocycles. The van der Waals surface area contributed by atoms with Crippen LogP contribution >= 0.6 is 11.6 Å². The van der Waals surface area contributed by atoms with Crippen LogP contribution in [0.2, 0.25) is 30.7 Å². The third-order valence-electron chi connectivity index (χ3n) is 5.33. The quantitative estimate of drug-likeness (QED) is 0.238. The van der Waals surface area contributed by atoms with Gasteiger partial charge in [-0.1, -0.05) is 43.4 Å². The Kier molecular flexibility index (Phi) is 6.78. The topological polar surface area (TPSA) is 90.1 Å². The first-order valence-corrected chi connectivity index (χ1v) is 14.8. The number of fused-ring (bicyclic) bond motifs is 1. The van der Waals surface area contributed by atoms with Gasteiger partial charge in [0.2, 0.25) is 0 Å². The summed E-state index contributed by atoms with van der Waals surface area (Å²) in [5, 5.41) is 10.3. The minimum Gasteiger partial charge on any atom is -0.476 e. The second-order valence-corrected chi connectivity index (χ2v) is 15.1. The Bertz CT molecular complexity index is 1350. The molecular weight excluding hydrogens is 475 g/mol. The molecule has 3 heterocycles. The Balaban J connectivity index is 1.81. The van der Waals surface area contributed by atoms with Gasteiger partial charge in [0.25, 0.3) is 0 Å². The molecule has 1 aromatic carbocycles. The smallest absolute Gasteiger partial charge is 0.356 e. The van der Waals surface area contributed by atoms with E-state index in [1.54, 1.807) is 18.3 Å². The third kappa shape index (κ3) is 5.16. The van der Waals surface area contributed by atoms with Crippen molar-refractivity contribution in [1.29, 1.82) is 0 Å². The van der Waals surface area contributed by atoms with E-state index in [2.05, 4.69) is 34.6 Å². The summed E-state index contributed by atoms with van der Waals surface area (Å²) in [5.74, 6) is -1.53. The fraction of sp³-hybridized carbons (Fsp3) is 0.250. The molecule has 0 amide bonds. The van der Waals surface area contributed by atoms with Crippen LogP contribution in [0.4, 0.5) is 4.39 Å². The van der Waals surface area contributed by atoms with Gasteiger partial charge in [-0.2, -0.15) is 0 Å². The molecule has 0 aliphatic carbocycles. The molecule has 0 saturated heterocycles. The number of carbonyl (C=O) groups is 1. The zero-order valence-electron chi connectivity index (χ0n) is 19.0. The molecule has 0 aliphatic rings. The molecular formula is C24H24ClFN4O3Si. The Morgan fingerprint density at radius 2 is 1.88 bits per heavy atom. The fourth-order valence-electron chi connectivity index (χ4n) is 3.48. The minimum atomic E-state index is -1.23. The summed E-state index contributed by atoms with van der Waals surface area (Å²) in [6.07, 6.45) is 6.04. The number of halogens is 2. The van der Waals surface area contributed by atoms with E-state index in [0.29, 0.717) is 40.7 Å². The zero-order chi connectivity index (χ0) is 24.5. The van der Waals surface area contributed by atoms with Crippen molar-refractivity contribution >= 4 is 36.7 Å². The molecule has 0 spiro atoms. The number of benzene rings is 1. The predicted octanol–water partition coefficient (Wildman–Crippen LogP) is 5.96. The maximum Gasteiger partial charge on any atom is 0.356 e. The number of ether oxygens (including phenoxy) is 1. The van der Waals surface area contributed by atoms with Crippen LogP contribution in [0, 0.1) is 5.82 Å². The Labute approximate surface area is 202 Å². The Morgan fingerprint density at radius 1 is 1.15 bits per heavy atom. The summed E-state index contributed by atoms with van der Waals surface area (Å²) < 4.78 is 21.4. The maximum absolute atomic E-state index is 13.6. The Hall–Kier alpha value is -3.14. The van der Waals surface area contributed by atoms with Gasteiger partial charge < -0.3 is 14.4 Å². The predicted molar refractivity (Wildman–Crippen MR) is 132 cm³/mol. The number of carboxylic acids is 1. The number of aromatic carboxylic acids is 1. The van der Waals surface area contributed by atoms with E-state index in [1.807, 2.05) is 10.8 Å². The van der Waals surface area contributed by atoms with E-state index in [1.165, 1.54) is 24.5 Å². The van der Waals surface area contributed by atoms with Gasteiger partial charge in [0.1, 0.15) is 18.2 Å².